The van der Waals surface area contributed by atoms with Gasteiger partial charge in [0, 0.05) is 35.0 Å². The number of hydrogen-bond donors (Lipinski definition) is 0. The van der Waals surface area contributed by atoms with Crippen molar-refractivity contribution in [2.45, 2.75) is 39.5 Å². The van der Waals surface area contributed by atoms with Gasteiger partial charge in [0.05, 0.1) is 0 Å². The molecule has 0 amide bonds. The maximum absolute atomic E-state index is 12.7. The topological polar surface area (TPSA) is 58.9 Å². The van der Waals surface area contributed by atoms with E-state index in [1.807, 2.05) is 12.1 Å². The fourth-order valence-corrected chi connectivity index (χ4v) is 4.06. The maximum Gasteiger partial charge on any atom is 0.212 e. The predicted molar refractivity (Wildman–Crippen MR) is 98.5 cm³/mol. The molecule has 0 saturated heterocycles. The van der Waals surface area contributed by atoms with Crippen molar-refractivity contribution in [2.24, 2.45) is 9.98 Å². The molecule has 118 valence electrons. The second-order valence-corrected chi connectivity index (χ2v) is 6.67. The van der Waals surface area contributed by atoms with Crippen molar-refractivity contribution in [3.8, 4) is 0 Å². The van der Waals surface area contributed by atoms with E-state index < -0.39 is 0 Å². The summed E-state index contributed by atoms with van der Waals surface area (Å²) in [6, 6.07) is 3.81. The van der Waals surface area contributed by atoms with E-state index in [4.69, 9.17) is 0 Å². The lowest BCUT2D eigenvalue weighted by atomic mass is 10.0. The molecule has 0 N–H and O–H groups in total. The first kappa shape index (κ1) is 13.8. The molecule has 2 aliphatic rings. The first-order chi connectivity index (χ1) is 11.6. The molecule has 24 heavy (non-hydrogen) atoms. The molecule has 0 unspecified atom stereocenters. The smallest absolute Gasteiger partial charge is 0.212 e. The van der Waals surface area contributed by atoms with Crippen LogP contribution in [0.15, 0.2) is 31.7 Å². The van der Waals surface area contributed by atoms with E-state index in [9.17, 15) is 9.59 Å². The van der Waals surface area contributed by atoms with Crippen molar-refractivity contribution >= 4 is 44.3 Å². The average molecular weight is 316 g/mol. The van der Waals surface area contributed by atoms with E-state index in [-0.39, 0.29) is 10.9 Å². The molecule has 4 heteroatoms. The highest BCUT2D eigenvalue weighted by molar-refractivity contribution is 6.12. The molecule has 0 bridgehead atoms. The highest BCUT2D eigenvalue weighted by Gasteiger charge is 2.27. The fraction of sp³-hybridized carbons (Fsp3) is 0.300. The summed E-state index contributed by atoms with van der Waals surface area (Å²) in [5.41, 5.74) is 5.25. The Balaban J connectivity index is 1.85. The van der Waals surface area contributed by atoms with Gasteiger partial charge >= 0.3 is 0 Å². The fourth-order valence-electron chi connectivity index (χ4n) is 4.06. The van der Waals surface area contributed by atoms with E-state index in [1.165, 1.54) is 0 Å². The van der Waals surface area contributed by atoms with Gasteiger partial charge in [-0.15, -0.1) is 0 Å². The van der Waals surface area contributed by atoms with Crippen molar-refractivity contribution in [1.29, 1.82) is 0 Å². The van der Waals surface area contributed by atoms with Crippen molar-refractivity contribution in [1.82, 2.24) is 0 Å². The normalized spacial score (nSPS) is 15.9. The first-order valence-electron chi connectivity index (χ1n) is 8.49. The van der Waals surface area contributed by atoms with Crippen LogP contribution in [-0.2, 0) is 12.8 Å². The third-order valence-corrected chi connectivity index (χ3v) is 5.42. The third kappa shape index (κ3) is 1.53. The largest absolute Gasteiger partial charge is 0.287 e. The van der Waals surface area contributed by atoms with Crippen molar-refractivity contribution < 1.29 is 0 Å². The zero-order chi connectivity index (χ0) is 16.6. The molecule has 0 aromatic heterocycles. The second-order valence-electron chi connectivity index (χ2n) is 6.67. The Kier molecular flexibility index (Phi) is 2.57. The molecule has 0 radical (unpaired) electrons. The zero-order valence-corrected chi connectivity index (χ0v) is 13.7. The van der Waals surface area contributed by atoms with Gasteiger partial charge in [-0.2, -0.15) is 0 Å². The Morgan fingerprint density at radius 3 is 1.54 bits per heavy atom. The number of rotatable bonds is 2. The Labute approximate surface area is 138 Å². The van der Waals surface area contributed by atoms with Crippen LogP contribution < -0.4 is 10.9 Å². The van der Waals surface area contributed by atoms with Gasteiger partial charge in [-0.05, 0) is 46.9 Å². The van der Waals surface area contributed by atoms with E-state index in [2.05, 4.69) is 23.8 Å². The van der Waals surface area contributed by atoms with E-state index in [1.54, 1.807) is 0 Å². The van der Waals surface area contributed by atoms with Crippen LogP contribution in [0.25, 0.3) is 21.5 Å². The van der Waals surface area contributed by atoms with Gasteiger partial charge in [-0.3, -0.25) is 19.6 Å². The van der Waals surface area contributed by atoms with Gasteiger partial charge in [0.15, 0.2) is 0 Å². The minimum atomic E-state index is 0.00220. The number of nitrogens with zero attached hydrogens (tertiary/aromatic N) is 2. The van der Waals surface area contributed by atoms with Crippen LogP contribution in [0.1, 0.15) is 37.8 Å². The van der Waals surface area contributed by atoms with E-state index in [0.29, 0.717) is 22.1 Å². The Hall–Kier alpha value is -2.62. The van der Waals surface area contributed by atoms with Crippen molar-refractivity contribution in [2.75, 3.05) is 0 Å². The molecule has 3 aromatic carbocycles. The maximum atomic E-state index is 12.7. The molecule has 0 fully saturated rings. The third-order valence-electron chi connectivity index (χ3n) is 5.42. The number of hydrogen-bond acceptors (Lipinski definition) is 4. The summed E-state index contributed by atoms with van der Waals surface area (Å²) in [6.45, 7) is 4.10. The molecule has 0 aliphatic carbocycles. The first-order valence-corrected chi connectivity index (χ1v) is 8.49. The predicted octanol–water partition coefficient (Wildman–Crippen LogP) is 3.67. The van der Waals surface area contributed by atoms with Crippen LogP contribution in [0.2, 0.25) is 0 Å². The van der Waals surface area contributed by atoms with Crippen LogP contribution in [0, 0.1) is 0 Å². The summed E-state index contributed by atoms with van der Waals surface area (Å²) < 4.78 is 0. The Morgan fingerprint density at radius 2 is 1.17 bits per heavy atom. The quantitative estimate of drug-likeness (QED) is 0.724. The minimum Gasteiger partial charge on any atom is -0.287 e. The van der Waals surface area contributed by atoms with Crippen LogP contribution in [-0.4, -0.2) is 11.4 Å². The van der Waals surface area contributed by atoms with Crippen LogP contribution in [0.4, 0.5) is 11.4 Å². The highest BCUT2D eigenvalue weighted by atomic mass is 16.1. The van der Waals surface area contributed by atoms with Crippen LogP contribution in [0.5, 0.6) is 0 Å². The van der Waals surface area contributed by atoms with Gasteiger partial charge < -0.3 is 0 Å². The summed E-state index contributed by atoms with van der Waals surface area (Å²) in [6.07, 6.45) is 3.15. The lowest BCUT2D eigenvalue weighted by Gasteiger charge is -1.99. The van der Waals surface area contributed by atoms with Crippen molar-refractivity contribution in [3.63, 3.8) is 0 Å². The molecular formula is C20H16N2O2. The van der Waals surface area contributed by atoms with Crippen LogP contribution >= 0.6 is 0 Å². The molecular weight excluding hydrogens is 300 g/mol. The molecule has 0 saturated carbocycles. The summed E-state index contributed by atoms with van der Waals surface area (Å²) in [4.78, 5) is 34.5. The summed E-state index contributed by atoms with van der Waals surface area (Å²) >= 11 is 0. The Morgan fingerprint density at radius 1 is 0.750 bits per heavy atom. The van der Waals surface area contributed by atoms with E-state index >= 15 is 0 Å². The SMILES string of the molecule is CCC1=Nc2c(c3cc4c(=O)c5c(c4cc3c2=O)CC(CC)=N5)C1. The number of fused-ring (bicyclic) bond motifs is 6. The summed E-state index contributed by atoms with van der Waals surface area (Å²) in [5.74, 6) is 0. The summed E-state index contributed by atoms with van der Waals surface area (Å²) in [5, 5.41) is 3.19. The van der Waals surface area contributed by atoms with Crippen molar-refractivity contribution in [3.05, 3.63) is 43.7 Å². The molecule has 0 atom stereocenters. The Bertz CT molecular complexity index is 1110. The van der Waals surface area contributed by atoms with Gasteiger partial charge in [0.2, 0.25) is 10.9 Å². The highest BCUT2D eigenvalue weighted by Crippen LogP contribution is 2.38. The van der Waals surface area contributed by atoms with Gasteiger partial charge in [0.1, 0.15) is 11.4 Å². The molecule has 2 aliphatic heterocycles. The molecule has 0 spiro atoms. The number of aliphatic imine (C=N–C) groups is 2. The molecule has 2 heterocycles. The minimum absolute atomic E-state index is 0.00220. The molecule has 3 aromatic rings. The monoisotopic (exact) mass is 316 g/mol. The lowest BCUT2D eigenvalue weighted by molar-refractivity contribution is 1.23. The van der Waals surface area contributed by atoms with Crippen LogP contribution in [0.3, 0.4) is 0 Å². The van der Waals surface area contributed by atoms with E-state index in [0.717, 1.165) is 59.0 Å². The molecule has 5 rings (SSSR count). The van der Waals surface area contributed by atoms with Gasteiger partial charge in [-0.25, -0.2) is 0 Å². The standard InChI is InChI=1S/C20H16N2O2/c1-3-9-5-13-11-7-16-12(8-15(11)19(23)17(13)21-9)14-6-10(4-2)22-18(14)20(16)24/h7-8H,3-6H2,1-2H3. The zero-order valence-electron chi connectivity index (χ0n) is 13.7. The van der Waals surface area contributed by atoms with Gasteiger partial charge in [-0.1, -0.05) is 13.8 Å². The second kappa shape index (κ2) is 4.47. The summed E-state index contributed by atoms with van der Waals surface area (Å²) in [7, 11) is 0. The average Bonchev–Trinajstić information content (AvgIpc) is 3.31. The molecule has 4 nitrogen and oxygen atoms in total. The number of benzene rings is 1. The van der Waals surface area contributed by atoms with Gasteiger partial charge in [0.25, 0.3) is 0 Å². The lowest BCUT2D eigenvalue weighted by Crippen LogP contribution is -1.99.